The van der Waals surface area contributed by atoms with Gasteiger partial charge in [0.1, 0.15) is 17.6 Å². The van der Waals surface area contributed by atoms with Gasteiger partial charge in [-0.25, -0.2) is 4.79 Å². The Morgan fingerprint density at radius 1 is 1.18 bits per heavy atom. The Hall–Kier alpha value is -3.29. The average Bonchev–Trinajstić information content (AvgIpc) is 2.97. The van der Waals surface area contributed by atoms with Crippen molar-refractivity contribution in [1.82, 2.24) is 15.0 Å². The first kappa shape index (κ1) is 13.7. The highest BCUT2D eigenvalue weighted by atomic mass is 16.6. The third-order valence-electron chi connectivity index (χ3n) is 3.03. The number of nitro benzene ring substituents is 1. The highest BCUT2D eigenvalue weighted by Gasteiger charge is 2.13. The molecule has 3 aromatic rings. The molecule has 8 nitrogen and oxygen atoms in total. The van der Waals surface area contributed by atoms with Crippen molar-refractivity contribution in [3.8, 4) is 0 Å². The monoisotopic (exact) mass is 298 g/mol. The van der Waals surface area contributed by atoms with Crippen LogP contribution in [0, 0.1) is 10.1 Å². The first-order valence-corrected chi connectivity index (χ1v) is 6.36. The standard InChI is InChI=1S/C14H10N4O4/c19-14(17-13-4-2-1-3-12(13)15-16-17)22-9-10-5-7-11(8-6-10)18(20)21/h1-8H,9H2. The van der Waals surface area contributed by atoms with Crippen LogP contribution in [0.5, 0.6) is 0 Å². The van der Waals surface area contributed by atoms with Crippen LogP contribution in [-0.4, -0.2) is 26.0 Å². The molecule has 0 radical (unpaired) electrons. The molecule has 0 N–H and O–H groups in total. The van der Waals surface area contributed by atoms with Crippen LogP contribution < -0.4 is 0 Å². The van der Waals surface area contributed by atoms with Gasteiger partial charge in [0, 0.05) is 12.1 Å². The molecule has 0 amide bonds. The van der Waals surface area contributed by atoms with Gasteiger partial charge in [0.15, 0.2) is 0 Å². The Labute approximate surface area is 124 Å². The predicted octanol–water partition coefficient (Wildman–Crippen LogP) is 2.52. The summed E-state index contributed by atoms with van der Waals surface area (Å²) in [6, 6.07) is 12.8. The van der Waals surface area contributed by atoms with Crippen molar-refractivity contribution in [1.29, 1.82) is 0 Å². The van der Waals surface area contributed by atoms with E-state index >= 15 is 0 Å². The molecular formula is C14H10N4O4. The third-order valence-corrected chi connectivity index (χ3v) is 3.03. The van der Waals surface area contributed by atoms with Gasteiger partial charge in [-0.2, -0.15) is 0 Å². The zero-order chi connectivity index (χ0) is 15.5. The number of para-hydroxylation sites is 1. The highest BCUT2D eigenvalue weighted by Crippen LogP contribution is 2.14. The molecule has 8 heteroatoms. The van der Waals surface area contributed by atoms with Crippen molar-refractivity contribution in [2.45, 2.75) is 6.61 Å². The fourth-order valence-corrected chi connectivity index (χ4v) is 1.92. The van der Waals surface area contributed by atoms with E-state index in [0.29, 0.717) is 16.6 Å². The number of non-ortho nitro benzene ring substituents is 1. The Morgan fingerprint density at radius 2 is 1.91 bits per heavy atom. The normalized spacial score (nSPS) is 10.5. The molecule has 110 valence electrons. The molecule has 0 saturated carbocycles. The van der Waals surface area contributed by atoms with Gasteiger partial charge in [-0.1, -0.05) is 17.3 Å². The average molecular weight is 298 g/mol. The summed E-state index contributed by atoms with van der Waals surface area (Å²) in [5.74, 6) is 0. The molecule has 0 fully saturated rings. The van der Waals surface area contributed by atoms with Gasteiger partial charge in [-0.15, -0.1) is 9.78 Å². The molecule has 0 aliphatic rings. The van der Waals surface area contributed by atoms with Gasteiger partial charge in [-0.05, 0) is 29.8 Å². The summed E-state index contributed by atoms with van der Waals surface area (Å²) in [6.45, 7) is -0.00891. The van der Waals surface area contributed by atoms with Crippen molar-refractivity contribution in [3.63, 3.8) is 0 Å². The summed E-state index contributed by atoms with van der Waals surface area (Å²) in [5.41, 5.74) is 1.77. The van der Waals surface area contributed by atoms with Crippen LogP contribution in [0.4, 0.5) is 10.5 Å². The number of hydrogen-bond acceptors (Lipinski definition) is 6. The number of carbonyl (C=O) groups is 1. The summed E-state index contributed by atoms with van der Waals surface area (Å²) in [5, 5.41) is 18.2. The molecule has 0 atom stereocenters. The summed E-state index contributed by atoms with van der Waals surface area (Å²) in [6.07, 6.45) is -0.660. The third kappa shape index (κ3) is 2.62. The predicted molar refractivity (Wildman–Crippen MR) is 76.2 cm³/mol. The second kappa shape index (κ2) is 5.60. The number of ether oxygens (including phenoxy) is 1. The summed E-state index contributed by atoms with van der Waals surface area (Å²) in [4.78, 5) is 22.1. The molecular weight excluding hydrogens is 288 g/mol. The lowest BCUT2D eigenvalue weighted by Gasteiger charge is -2.04. The van der Waals surface area contributed by atoms with Gasteiger partial charge < -0.3 is 4.74 Å². The number of fused-ring (bicyclic) bond motifs is 1. The minimum absolute atomic E-state index is 0.00891. The molecule has 0 saturated heterocycles. The first-order chi connectivity index (χ1) is 10.6. The quantitative estimate of drug-likeness (QED) is 0.544. The van der Waals surface area contributed by atoms with Crippen molar-refractivity contribution in [3.05, 3.63) is 64.2 Å². The van der Waals surface area contributed by atoms with Crippen LogP contribution in [-0.2, 0) is 11.3 Å². The molecule has 0 spiro atoms. The maximum Gasteiger partial charge on any atom is 0.437 e. The fourth-order valence-electron chi connectivity index (χ4n) is 1.92. The largest absolute Gasteiger partial charge is 0.443 e. The minimum Gasteiger partial charge on any atom is -0.443 e. The van der Waals surface area contributed by atoms with Crippen molar-refractivity contribution >= 4 is 22.8 Å². The molecule has 2 aromatic carbocycles. The fraction of sp³-hybridized carbons (Fsp3) is 0.0714. The topological polar surface area (TPSA) is 100 Å². The minimum atomic E-state index is -0.660. The lowest BCUT2D eigenvalue weighted by molar-refractivity contribution is -0.384. The lowest BCUT2D eigenvalue weighted by atomic mass is 10.2. The SMILES string of the molecule is O=C(OCc1ccc([N+](=O)[O-])cc1)n1nnc2ccccc21. The van der Waals surface area contributed by atoms with Crippen LogP contribution in [0.15, 0.2) is 48.5 Å². The van der Waals surface area contributed by atoms with Crippen LogP contribution >= 0.6 is 0 Å². The number of carbonyl (C=O) groups excluding carboxylic acids is 1. The van der Waals surface area contributed by atoms with Crippen LogP contribution in [0.25, 0.3) is 11.0 Å². The molecule has 22 heavy (non-hydrogen) atoms. The number of rotatable bonds is 3. The molecule has 0 bridgehead atoms. The van der Waals surface area contributed by atoms with Crippen molar-refractivity contribution < 1.29 is 14.5 Å². The highest BCUT2D eigenvalue weighted by molar-refractivity contribution is 5.84. The zero-order valence-electron chi connectivity index (χ0n) is 11.2. The molecule has 0 unspecified atom stereocenters. The maximum atomic E-state index is 12.0. The summed E-state index contributed by atoms with van der Waals surface area (Å²) in [7, 11) is 0. The van der Waals surface area contributed by atoms with E-state index in [1.807, 2.05) is 0 Å². The van der Waals surface area contributed by atoms with Gasteiger partial charge in [0.2, 0.25) is 0 Å². The smallest absolute Gasteiger partial charge is 0.437 e. The van der Waals surface area contributed by atoms with Crippen LogP contribution in [0.3, 0.4) is 0 Å². The van der Waals surface area contributed by atoms with E-state index < -0.39 is 11.0 Å². The number of nitro groups is 1. The Balaban J connectivity index is 1.71. The van der Waals surface area contributed by atoms with Gasteiger partial charge in [0.25, 0.3) is 5.69 Å². The second-order valence-corrected chi connectivity index (χ2v) is 4.47. The summed E-state index contributed by atoms with van der Waals surface area (Å²) < 4.78 is 6.20. The number of hydrogen-bond donors (Lipinski definition) is 0. The molecule has 3 rings (SSSR count). The van der Waals surface area contributed by atoms with Crippen LogP contribution in [0.2, 0.25) is 0 Å². The van der Waals surface area contributed by atoms with E-state index in [1.54, 1.807) is 24.3 Å². The van der Waals surface area contributed by atoms with Crippen LogP contribution in [0.1, 0.15) is 5.56 Å². The Morgan fingerprint density at radius 3 is 2.64 bits per heavy atom. The molecule has 1 heterocycles. The first-order valence-electron chi connectivity index (χ1n) is 6.36. The number of benzene rings is 2. The van der Waals surface area contributed by atoms with Crippen molar-refractivity contribution in [2.75, 3.05) is 0 Å². The van der Waals surface area contributed by atoms with E-state index in [2.05, 4.69) is 10.3 Å². The van der Waals surface area contributed by atoms with E-state index in [0.717, 1.165) is 4.68 Å². The van der Waals surface area contributed by atoms with Crippen molar-refractivity contribution in [2.24, 2.45) is 0 Å². The second-order valence-electron chi connectivity index (χ2n) is 4.47. The molecule has 0 aliphatic heterocycles. The lowest BCUT2D eigenvalue weighted by Crippen LogP contribution is -2.15. The van der Waals surface area contributed by atoms with Gasteiger partial charge in [-0.3, -0.25) is 10.1 Å². The number of nitrogens with zero attached hydrogens (tertiary/aromatic N) is 4. The number of aromatic nitrogens is 3. The van der Waals surface area contributed by atoms with E-state index in [-0.39, 0.29) is 12.3 Å². The molecule has 0 aliphatic carbocycles. The maximum absolute atomic E-state index is 12.0. The van der Waals surface area contributed by atoms with E-state index in [4.69, 9.17) is 4.74 Å². The van der Waals surface area contributed by atoms with E-state index in [1.165, 1.54) is 24.3 Å². The summed E-state index contributed by atoms with van der Waals surface area (Å²) >= 11 is 0. The molecule has 1 aromatic heterocycles. The van der Waals surface area contributed by atoms with Gasteiger partial charge >= 0.3 is 6.09 Å². The van der Waals surface area contributed by atoms with Gasteiger partial charge in [0.05, 0.1) is 4.92 Å². The zero-order valence-corrected chi connectivity index (χ0v) is 11.2. The van der Waals surface area contributed by atoms with E-state index in [9.17, 15) is 14.9 Å². The Kier molecular flexibility index (Phi) is 3.48. The Bertz CT molecular complexity index is 841.